The number of hydrogen-bond donors (Lipinski definition) is 1. The van der Waals surface area contributed by atoms with Crippen molar-refractivity contribution in [1.82, 2.24) is 9.21 Å². The third-order valence-electron chi connectivity index (χ3n) is 6.20. The molecule has 182 valence electrons. The molecule has 0 spiro atoms. The zero-order valence-electron chi connectivity index (χ0n) is 19.9. The number of aliphatic hydroxyl groups is 1. The van der Waals surface area contributed by atoms with Crippen LogP contribution in [0.2, 0.25) is 0 Å². The number of likely N-dealkylation sites (N-methyl/N-ethyl adjacent to an activating group) is 1. The van der Waals surface area contributed by atoms with Crippen molar-refractivity contribution in [3.8, 4) is 22.9 Å². The van der Waals surface area contributed by atoms with Gasteiger partial charge in [0.25, 0.3) is 0 Å². The van der Waals surface area contributed by atoms with Crippen molar-refractivity contribution in [3.63, 3.8) is 0 Å². The zero-order valence-corrected chi connectivity index (χ0v) is 20.7. The lowest BCUT2D eigenvalue weighted by molar-refractivity contribution is -0.131. The molecule has 3 rings (SSSR count). The number of carbonyl (C=O) groups is 1. The van der Waals surface area contributed by atoms with Gasteiger partial charge in [-0.2, -0.15) is 9.57 Å². The van der Waals surface area contributed by atoms with Crippen LogP contribution in [-0.4, -0.2) is 67.5 Å². The van der Waals surface area contributed by atoms with Gasteiger partial charge in [-0.1, -0.05) is 32.0 Å². The van der Waals surface area contributed by atoms with Crippen LogP contribution >= 0.6 is 0 Å². The number of amides is 1. The van der Waals surface area contributed by atoms with Crippen molar-refractivity contribution >= 4 is 15.9 Å². The van der Waals surface area contributed by atoms with Gasteiger partial charge in [0.1, 0.15) is 16.7 Å². The number of nitriles is 1. The molecule has 34 heavy (non-hydrogen) atoms. The van der Waals surface area contributed by atoms with Crippen molar-refractivity contribution in [2.24, 2.45) is 5.92 Å². The molecule has 0 aromatic heterocycles. The molecule has 3 atom stereocenters. The van der Waals surface area contributed by atoms with Crippen LogP contribution in [-0.2, 0) is 14.8 Å². The smallest absolute Gasteiger partial charge is 0.247 e. The molecule has 0 saturated heterocycles. The Morgan fingerprint density at radius 3 is 2.50 bits per heavy atom. The molecular formula is C25H31N3O5S. The van der Waals surface area contributed by atoms with Gasteiger partial charge in [-0.25, -0.2) is 8.42 Å². The molecule has 0 unspecified atom stereocenters. The van der Waals surface area contributed by atoms with Crippen LogP contribution in [0.15, 0.2) is 47.4 Å². The van der Waals surface area contributed by atoms with Crippen LogP contribution in [0, 0.1) is 17.2 Å². The predicted octanol–water partition coefficient (Wildman–Crippen LogP) is 2.86. The Labute approximate surface area is 201 Å². The molecule has 1 amide bonds. The normalized spacial score (nSPS) is 20.7. The molecule has 2 aromatic rings. The lowest BCUT2D eigenvalue weighted by atomic mass is 10.0. The highest BCUT2D eigenvalue weighted by Gasteiger charge is 2.38. The lowest BCUT2D eigenvalue weighted by Crippen LogP contribution is -2.50. The van der Waals surface area contributed by atoms with Gasteiger partial charge < -0.3 is 14.7 Å². The van der Waals surface area contributed by atoms with Crippen LogP contribution in [0.4, 0.5) is 0 Å². The van der Waals surface area contributed by atoms with E-state index in [4.69, 9.17) is 10.00 Å². The minimum atomic E-state index is -3.94. The van der Waals surface area contributed by atoms with Gasteiger partial charge >= 0.3 is 0 Å². The second-order valence-electron chi connectivity index (χ2n) is 8.72. The van der Waals surface area contributed by atoms with E-state index in [-0.39, 0.29) is 35.6 Å². The van der Waals surface area contributed by atoms with E-state index in [1.807, 2.05) is 6.92 Å². The summed E-state index contributed by atoms with van der Waals surface area (Å²) in [4.78, 5) is 13.8. The molecule has 1 N–H and O–H groups in total. The van der Waals surface area contributed by atoms with Crippen molar-refractivity contribution < 1.29 is 23.1 Å². The largest absolute Gasteiger partial charge is 0.487 e. The fraction of sp³-hybridized carbons (Fsp3) is 0.440. The maximum atomic E-state index is 13.6. The van der Waals surface area contributed by atoms with Crippen LogP contribution in [0.25, 0.3) is 11.1 Å². The number of sulfonamides is 1. The topological polar surface area (TPSA) is 111 Å². The van der Waals surface area contributed by atoms with Gasteiger partial charge in [0.05, 0.1) is 24.8 Å². The average molecular weight is 486 g/mol. The summed E-state index contributed by atoms with van der Waals surface area (Å²) in [5.74, 6) is -0.0777. The van der Waals surface area contributed by atoms with Gasteiger partial charge in [0.2, 0.25) is 15.9 Å². The number of fused-ring (bicyclic) bond motifs is 1. The quantitative estimate of drug-likeness (QED) is 0.674. The molecule has 8 nitrogen and oxygen atoms in total. The van der Waals surface area contributed by atoms with Crippen LogP contribution in [0.3, 0.4) is 0 Å². The maximum Gasteiger partial charge on any atom is 0.247 e. The summed E-state index contributed by atoms with van der Waals surface area (Å²) in [6.07, 6.45) is -0.0987. The first-order chi connectivity index (χ1) is 16.1. The number of carbonyl (C=O) groups excluding carboxylic acids is 1. The zero-order chi connectivity index (χ0) is 25.0. The van der Waals surface area contributed by atoms with Gasteiger partial charge in [-0.15, -0.1) is 0 Å². The van der Waals surface area contributed by atoms with Gasteiger partial charge in [0, 0.05) is 32.0 Å². The van der Waals surface area contributed by atoms with Crippen LogP contribution in [0.5, 0.6) is 5.75 Å². The fourth-order valence-corrected chi connectivity index (χ4v) is 5.83. The Morgan fingerprint density at radius 1 is 1.26 bits per heavy atom. The molecule has 1 aliphatic rings. The van der Waals surface area contributed by atoms with Gasteiger partial charge in [0.15, 0.2) is 0 Å². The van der Waals surface area contributed by atoms with Crippen molar-refractivity contribution in [2.75, 3.05) is 26.7 Å². The van der Waals surface area contributed by atoms with E-state index in [9.17, 15) is 18.3 Å². The number of hydrogen-bond acceptors (Lipinski definition) is 6. The molecule has 1 aliphatic heterocycles. The molecule has 0 aliphatic carbocycles. The van der Waals surface area contributed by atoms with E-state index >= 15 is 0 Å². The second kappa shape index (κ2) is 10.6. The minimum Gasteiger partial charge on any atom is -0.487 e. The molecule has 9 heteroatoms. The van der Waals surface area contributed by atoms with Crippen molar-refractivity contribution in [3.05, 3.63) is 48.0 Å². The highest BCUT2D eigenvalue weighted by Crippen LogP contribution is 2.36. The first kappa shape index (κ1) is 25.7. The SMILES string of the molecule is CCC(=O)N(C)C[C@@H]1Oc2cc(-c3ccc(C#N)cc3)ccc2S(=O)(=O)N([C@@H](C)CO)C[C@@H]1C. The highest BCUT2D eigenvalue weighted by atomic mass is 32.2. The number of aliphatic hydroxyl groups excluding tert-OH is 1. The Morgan fingerprint density at radius 2 is 1.91 bits per heavy atom. The second-order valence-corrected chi connectivity index (χ2v) is 10.6. The number of nitrogens with zero attached hydrogens (tertiary/aromatic N) is 3. The number of ether oxygens (including phenoxy) is 1. The first-order valence-corrected chi connectivity index (χ1v) is 12.7. The maximum absolute atomic E-state index is 13.6. The van der Waals surface area contributed by atoms with E-state index in [1.54, 1.807) is 62.2 Å². The molecule has 2 aromatic carbocycles. The molecule has 0 fully saturated rings. The van der Waals surface area contributed by atoms with E-state index in [2.05, 4.69) is 6.07 Å². The summed E-state index contributed by atoms with van der Waals surface area (Å²) in [6.45, 7) is 5.48. The Kier molecular flexibility index (Phi) is 7.97. The van der Waals surface area contributed by atoms with Crippen LogP contribution < -0.4 is 4.74 Å². The third-order valence-corrected chi connectivity index (χ3v) is 8.22. The summed E-state index contributed by atoms with van der Waals surface area (Å²) >= 11 is 0. The van der Waals surface area contributed by atoms with Gasteiger partial charge in [-0.05, 0) is 42.3 Å². The summed E-state index contributed by atoms with van der Waals surface area (Å²) in [5, 5.41) is 18.8. The Bertz CT molecular complexity index is 1170. The molecule has 1 heterocycles. The van der Waals surface area contributed by atoms with E-state index in [1.165, 1.54) is 10.4 Å². The number of rotatable bonds is 6. The third kappa shape index (κ3) is 5.25. The molecule has 0 radical (unpaired) electrons. The monoisotopic (exact) mass is 485 g/mol. The Hall–Kier alpha value is -2.93. The minimum absolute atomic E-state index is 0.0200. The summed E-state index contributed by atoms with van der Waals surface area (Å²) in [7, 11) is -2.24. The van der Waals surface area contributed by atoms with Gasteiger partial charge in [-0.3, -0.25) is 4.79 Å². The van der Waals surface area contributed by atoms with Crippen molar-refractivity contribution in [1.29, 1.82) is 5.26 Å². The average Bonchev–Trinajstić information content (AvgIpc) is 2.84. The summed E-state index contributed by atoms with van der Waals surface area (Å²) in [5.41, 5.74) is 2.08. The van der Waals surface area contributed by atoms with Crippen molar-refractivity contribution in [2.45, 2.75) is 44.2 Å². The fourth-order valence-electron chi connectivity index (χ4n) is 4.00. The standard InChI is InChI=1S/C25H31N3O5S/c1-5-25(30)27(4)15-23-17(2)14-28(18(3)16-29)34(31,32)24-11-10-21(12-22(24)33-23)20-8-6-19(13-26)7-9-20/h6-12,17-18,23,29H,5,14-16H2,1-4H3/t17-,18-,23-/m0/s1. The first-order valence-electron chi connectivity index (χ1n) is 11.3. The van der Waals surface area contributed by atoms with E-state index in [0.29, 0.717) is 18.5 Å². The van der Waals surface area contributed by atoms with Crippen LogP contribution in [0.1, 0.15) is 32.8 Å². The molecule has 0 saturated carbocycles. The number of benzene rings is 2. The highest BCUT2D eigenvalue weighted by molar-refractivity contribution is 7.89. The molecular weight excluding hydrogens is 454 g/mol. The van der Waals surface area contributed by atoms with E-state index in [0.717, 1.165) is 11.1 Å². The Balaban J connectivity index is 2.11. The predicted molar refractivity (Wildman–Crippen MR) is 129 cm³/mol. The summed E-state index contributed by atoms with van der Waals surface area (Å²) in [6, 6.07) is 13.4. The summed E-state index contributed by atoms with van der Waals surface area (Å²) < 4.78 is 34.8. The lowest BCUT2D eigenvalue weighted by Gasteiger charge is -2.37. The van der Waals surface area contributed by atoms with E-state index < -0.39 is 22.2 Å². The molecule has 0 bridgehead atoms.